The molecule has 0 saturated carbocycles. The van der Waals surface area contributed by atoms with E-state index < -0.39 is 5.41 Å². The lowest BCUT2D eigenvalue weighted by Crippen LogP contribution is -2.48. The van der Waals surface area contributed by atoms with Crippen LogP contribution in [0.25, 0.3) is 0 Å². The van der Waals surface area contributed by atoms with E-state index in [9.17, 15) is 4.79 Å². The number of ether oxygens (including phenoxy) is 3. The highest BCUT2D eigenvalue weighted by molar-refractivity contribution is 5.74. The van der Waals surface area contributed by atoms with E-state index >= 15 is 0 Å². The summed E-state index contributed by atoms with van der Waals surface area (Å²) in [5.41, 5.74) is 2.29. The molecule has 0 spiro atoms. The van der Waals surface area contributed by atoms with Crippen LogP contribution in [0.4, 0.5) is 0 Å². The minimum Gasteiger partial charge on any atom is -0.496 e. The first-order valence-electron chi connectivity index (χ1n) is 5.86. The molecule has 0 bridgehead atoms. The Bertz CT molecular complexity index is 475. The molecule has 0 unspecified atom stereocenters. The number of benzene rings is 1. The minimum absolute atomic E-state index is 0.401. The second-order valence-electron chi connectivity index (χ2n) is 4.68. The number of rotatable bonds is 4. The molecule has 0 amide bonds. The van der Waals surface area contributed by atoms with Gasteiger partial charge in [0.2, 0.25) is 0 Å². The Balaban J connectivity index is 2.65. The molecule has 98 valence electrons. The van der Waals surface area contributed by atoms with E-state index in [0.29, 0.717) is 13.2 Å². The van der Waals surface area contributed by atoms with Crippen LogP contribution in [0, 0.1) is 13.8 Å². The lowest BCUT2D eigenvalue weighted by molar-refractivity contribution is -0.130. The molecule has 1 aliphatic heterocycles. The van der Waals surface area contributed by atoms with Crippen LogP contribution in [-0.4, -0.2) is 33.7 Å². The summed E-state index contributed by atoms with van der Waals surface area (Å²) >= 11 is 0. The highest BCUT2D eigenvalue weighted by atomic mass is 16.5. The summed E-state index contributed by atoms with van der Waals surface area (Å²) in [5.74, 6) is 1.53. The maximum Gasteiger partial charge on any atom is 0.135 e. The smallest absolute Gasteiger partial charge is 0.135 e. The Morgan fingerprint density at radius 2 is 1.89 bits per heavy atom. The van der Waals surface area contributed by atoms with Gasteiger partial charge in [-0.25, -0.2) is 0 Å². The van der Waals surface area contributed by atoms with Gasteiger partial charge in [-0.1, -0.05) is 0 Å². The molecule has 0 aromatic heterocycles. The van der Waals surface area contributed by atoms with Crippen molar-refractivity contribution in [1.82, 2.24) is 0 Å². The Morgan fingerprint density at radius 1 is 1.22 bits per heavy atom. The lowest BCUT2D eigenvalue weighted by atomic mass is 9.78. The molecule has 4 heteroatoms. The quantitative estimate of drug-likeness (QED) is 0.764. The fraction of sp³-hybridized carbons (Fsp3) is 0.500. The number of aldehydes is 1. The normalized spacial score (nSPS) is 16.9. The number of methoxy groups -OCH3 is 2. The molecule has 0 aliphatic carbocycles. The zero-order chi connectivity index (χ0) is 13.3. The molecular weight excluding hydrogens is 232 g/mol. The largest absolute Gasteiger partial charge is 0.496 e. The summed E-state index contributed by atoms with van der Waals surface area (Å²) in [6.45, 7) is 4.75. The standard InChI is InChI=1S/C14H18O4/c1-9-10(2)13(17-4)11(5-12(9)16-3)14(6-15)7-18-8-14/h5-6H,7-8H2,1-4H3. The number of carbonyl (C=O) groups excluding carboxylic acids is 1. The van der Waals surface area contributed by atoms with Crippen molar-refractivity contribution in [2.75, 3.05) is 27.4 Å². The number of hydrogen-bond donors (Lipinski definition) is 0. The van der Waals surface area contributed by atoms with E-state index in [2.05, 4.69) is 0 Å². The molecule has 0 N–H and O–H groups in total. The van der Waals surface area contributed by atoms with E-state index in [4.69, 9.17) is 14.2 Å². The summed E-state index contributed by atoms with van der Waals surface area (Å²) in [7, 11) is 3.25. The summed E-state index contributed by atoms with van der Waals surface area (Å²) < 4.78 is 16.0. The molecule has 1 fully saturated rings. The third kappa shape index (κ3) is 1.68. The van der Waals surface area contributed by atoms with E-state index in [1.165, 1.54) is 0 Å². The number of hydrogen-bond acceptors (Lipinski definition) is 4. The van der Waals surface area contributed by atoms with Crippen molar-refractivity contribution in [2.24, 2.45) is 0 Å². The maximum atomic E-state index is 11.4. The van der Waals surface area contributed by atoms with Crippen LogP contribution < -0.4 is 9.47 Å². The Morgan fingerprint density at radius 3 is 2.28 bits per heavy atom. The van der Waals surface area contributed by atoms with Gasteiger partial charge in [0, 0.05) is 5.56 Å². The van der Waals surface area contributed by atoms with Gasteiger partial charge in [-0.15, -0.1) is 0 Å². The average molecular weight is 250 g/mol. The van der Waals surface area contributed by atoms with Gasteiger partial charge in [-0.2, -0.15) is 0 Å². The number of carbonyl (C=O) groups is 1. The molecular formula is C14H18O4. The van der Waals surface area contributed by atoms with Crippen molar-refractivity contribution < 1.29 is 19.0 Å². The van der Waals surface area contributed by atoms with E-state index in [1.54, 1.807) is 14.2 Å². The monoisotopic (exact) mass is 250 g/mol. The van der Waals surface area contributed by atoms with Gasteiger partial charge in [0.05, 0.1) is 27.4 Å². The topological polar surface area (TPSA) is 44.8 Å². The molecule has 1 aromatic carbocycles. The van der Waals surface area contributed by atoms with Crippen LogP contribution in [0.1, 0.15) is 16.7 Å². The Hall–Kier alpha value is -1.55. The zero-order valence-electron chi connectivity index (χ0n) is 11.2. The van der Waals surface area contributed by atoms with Crippen molar-refractivity contribution >= 4 is 6.29 Å². The summed E-state index contributed by atoms with van der Waals surface area (Å²) in [4.78, 5) is 11.4. The molecule has 4 nitrogen and oxygen atoms in total. The van der Waals surface area contributed by atoms with Gasteiger partial charge >= 0.3 is 0 Å². The molecule has 18 heavy (non-hydrogen) atoms. The fourth-order valence-corrected chi connectivity index (χ4v) is 2.32. The maximum absolute atomic E-state index is 11.4. The average Bonchev–Trinajstić information content (AvgIpc) is 2.33. The van der Waals surface area contributed by atoms with E-state index in [-0.39, 0.29) is 0 Å². The summed E-state index contributed by atoms with van der Waals surface area (Å²) in [6, 6.07) is 1.89. The molecule has 1 aromatic rings. The summed E-state index contributed by atoms with van der Waals surface area (Å²) in [6.07, 6.45) is 0.947. The SMILES string of the molecule is COc1cc(C2(C=O)COC2)c(OC)c(C)c1C. The van der Waals surface area contributed by atoms with Crippen LogP contribution >= 0.6 is 0 Å². The molecule has 2 rings (SSSR count). The minimum atomic E-state index is -0.586. The first-order valence-corrected chi connectivity index (χ1v) is 5.86. The van der Waals surface area contributed by atoms with Gasteiger partial charge < -0.3 is 19.0 Å². The van der Waals surface area contributed by atoms with Gasteiger partial charge in [0.25, 0.3) is 0 Å². The lowest BCUT2D eigenvalue weighted by Gasteiger charge is -2.38. The van der Waals surface area contributed by atoms with Gasteiger partial charge in [-0.3, -0.25) is 0 Å². The predicted molar refractivity (Wildman–Crippen MR) is 67.6 cm³/mol. The van der Waals surface area contributed by atoms with Crippen molar-refractivity contribution in [3.8, 4) is 11.5 Å². The Labute approximate surface area is 107 Å². The molecule has 1 heterocycles. The van der Waals surface area contributed by atoms with Crippen molar-refractivity contribution in [3.63, 3.8) is 0 Å². The second kappa shape index (κ2) is 4.61. The second-order valence-corrected chi connectivity index (χ2v) is 4.68. The van der Waals surface area contributed by atoms with E-state index in [0.717, 1.165) is 34.5 Å². The van der Waals surface area contributed by atoms with Gasteiger partial charge in [-0.05, 0) is 31.0 Å². The third-order valence-electron chi connectivity index (χ3n) is 3.70. The van der Waals surface area contributed by atoms with Crippen molar-refractivity contribution in [2.45, 2.75) is 19.3 Å². The predicted octanol–water partition coefficient (Wildman–Crippen LogP) is 1.79. The summed E-state index contributed by atoms with van der Waals surface area (Å²) in [5, 5.41) is 0. The zero-order valence-corrected chi connectivity index (χ0v) is 11.2. The van der Waals surface area contributed by atoms with Gasteiger partial charge in [0.15, 0.2) is 0 Å². The van der Waals surface area contributed by atoms with E-state index in [1.807, 2.05) is 19.9 Å². The van der Waals surface area contributed by atoms with Gasteiger partial charge in [0.1, 0.15) is 23.2 Å². The Kier molecular flexibility index (Phi) is 3.30. The molecule has 0 radical (unpaired) electrons. The van der Waals surface area contributed by atoms with Crippen LogP contribution in [0.3, 0.4) is 0 Å². The van der Waals surface area contributed by atoms with Crippen LogP contribution in [-0.2, 0) is 14.9 Å². The molecule has 1 aliphatic rings. The third-order valence-corrected chi connectivity index (χ3v) is 3.70. The van der Waals surface area contributed by atoms with Crippen LogP contribution in [0.5, 0.6) is 11.5 Å². The van der Waals surface area contributed by atoms with Crippen molar-refractivity contribution in [1.29, 1.82) is 0 Å². The molecule has 1 saturated heterocycles. The van der Waals surface area contributed by atoms with Crippen LogP contribution in [0.2, 0.25) is 0 Å². The highest BCUT2D eigenvalue weighted by Crippen LogP contribution is 2.42. The first-order chi connectivity index (χ1) is 8.59. The van der Waals surface area contributed by atoms with Crippen LogP contribution in [0.15, 0.2) is 6.07 Å². The van der Waals surface area contributed by atoms with Crippen molar-refractivity contribution in [3.05, 3.63) is 22.8 Å². The molecule has 0 atom stereocenters. The fourth-order valence-electron chi connectivity index (χ4n) is 2.32. The first kappa shape index (κ1) is 12.9. The highest BCUT2D eigenvalue weighted by Gasteiger charge is 2.43.